The van der Waals surface area contributed by atoms with Crippen molar-refractivity contribution < 1.29 is 0 Å². The molecule has 0 aromatic carbocycles. The molecule has 1 aliphatic carbocycles. The fourth-order valence-electron chi connectivity index (χ4n) is 3.37. The predicted octanol–water partition coefficient (Wildman–Crippen LogP) is 2.78. The van der Waals surface area contributed by atoms with Crippen LogP contribution in [0.15, 0.2) is 0 Å². The second kappa shape index (κ2) is 7.01. The number of hydrogen-bond acceptors (Lipinski definition) is 3. The summed E-state index contributed by atoms with van der Waals surface area (Å²) in [7, 11) is 0. The van der Waals surface area contributed by atoms with Gasteiger partial charge in [0.05, 0.1) is 0 Å². The molecule has 1 aliphatic heterocycles. The Kier molecular flexibility index (Phi) is 5.64. The van der Waals surface area contributed by atoms with E-state index in [1.807, 2.05) is 0 Å². The van der Waals surface area contributed by atoms with Gasteiger partial charge in [-0.3, -0.25) is 0 Å². The Labute approximate surface area is 111 Å². The average molecular weight is 256 g/mol. The maximum Gasteiger partial charge on any atom is 0.00822 e. The van der Waals surface area contributed by atoms with Crippen molar-refractivity contribution in [3.05, 3.63) is 0 Å². The van der Waals surface area contributed by atoms with Crippen LogP contribution >= 0.6 is 11.8 Å². The third-order valence-corrected chi connectivity index (χ3v) is 5.37. The van der Waals surface area contributed by atoms with Crippen LogP contribution in [0.25, 0.3) is 0 Å². The summed E-state index contributed by atoms with van der Waals surface area (Å²) < 4.78 is 0. The monoisotopic (exact) mass is 256 g/mol. The third kappa shape index (κ3) is 4.46. The molecule has 1 heterocycles. The lowest BCUT2D eigenvalue weighted by molar-refractivity contribution is 0.328. The van der Waals surface area contributed by atoms with Gasteiger partial charge in [0, 0.05) is 23.4 Å². The van der Waals surface area contributed by atoms with Crippen molar-refractivity contribution >= 4 is 11.8 Å². The minimum Gasteiger partial charge on any atom is -0.314 e. The van der Waals surface area contributed by atoms with Crippen LogP contribution in [0.4, 0.5) is 0 Å². The van der Waals surface area contributed by atoms with Crippen molar-refractivity contribution in [2.45, 2.75) is 75.2 Å². The van der Waals surface area contributed by atoms with Crippen molar-refractivity contribution in [1.82, 2.24) is 10.6 Å². The summed E-state index contributed by atoms with van der Waals surface area (Å²) >= 11 is 2.06. The molecule has 2 N–H and O–H groups in total. The maximum absolute atomic E-state index is 3.86. The van der Waals surface area contributed by atoms with E-state index in [9.17, 15) is 0 Å². The number of hydrogen-bond donors (Lipinski definition) is 2. The first-order valence-corrected chi connectivity index (χ1v) is 8.59. The second-order valence-electron chi connectivity index (χ2n) is 5.82. The first-order chi connectivity index (χ1) is 8.28. The van der Waals surface area contributed by atoms with E-state index in [2.05, 4.69) is 35.6 Å². The van der Waals surface area contributed by atoms with Gasteiger partial charge in [0.25, 0.3) is 0 Å². The van der Waals surface area contributed by atoms with Gasteiger partial charge in [-0.15, -0.1) is 0 Å². The van der Waals surface area contributed by atoms with Gasteiger partial charge in [0.1, 0.15) is 0 Å². The summed E-state index contributed by atoms with van der Waals surface area (Å²) in [5, 5.41) is 8.36. The van der Waals surface area contributed by atoms with Crippen molar-refractivity contribution in [2.24, 2.45) is 0 Å². The first kappa shape index (κ1) is 13.7. The highest BCUT2D eigenvalue weighted by molar-refractivity contribution is 7.99. The van der Waals surface area contributed by atoms with Crippen LogP contribution in [0.5, 0.6) is 0 Å². The van der Waals surface area contributed by atoms with Crippen molar-refractivity contribution in [3.8, 4) is 0 Å². The van der Waals surface area contributed by atoms with Gasteiger partial charge in [0.15, 0.2) is 0 Å². The zero-order chi connectivity index (χ0) is 12.1. The van der Waals surface area contributed by atoms with E-state index >= 15 is 0 Å². The minimum absolute atomic E-state index is 0.677. The van der Waals surface area contributed by atoms with E-state index in [0.717, 1.165) is 17.3 Å². The fraction of sp³-hybridized carbons (Fsp3) is 1.00. The van der Waals surface area contributed by atoms with Gasteiger partial charge in [-0.05, 0) is 58.2 Å². The molecule has 2 rings (SSSR count). The minimum atomic E-state index is 0.677. The molecule has 0 aromatic rings. The molecule has 17 heavy (non-hydrogen) atoms. The van der Waals surface area contributed by atoms with Crippen molar-refractivity contribution in [2.75, 3.05) is 12.8 Å². The lowest BCUT2D eigenvalue weighted by Crippen LogP contribution is -2.42. The SMILES string of the molecule is CSC1CCCC(NC(C)CC2CCCN2)C1. The van der Waals surface area contributed by atoms with Gasteiger partial charge < -0.3 is 10.6 Å². The van der Waals surface area contributed by atoms with Crippen LogP contribution in [-0.2, 0) is 0 Å². The normalized spacial score (nSPS) is 36.0. The summed E-state index contributed by atoms with van der Waals surface area (Å²) in [6.45, 7) is 3.60. The van der Waals surface area contributed by atoms with E-state index in [0.29, 0.717) is 6.04 Å². The molecule has 0 amide bonds. The topological polar surface area (TPSA) is 24.1 Å². The van der Waals surface area contributed by atoms with Crippen LogP contribution in [0.2, 0.25) is 0 Å². The molecule has 4 atom stereocenters. The molecule has 4 unspecified atom stereocenters. The van der Waals surface area contributed by atoms with Crippen LogP contribution in [0, 0.1) is 0 Å². The quantitative estimate of drug-likeness (QED) is 0.791. The smallest absolute Gasteiger partial charge is 0.00822 e. The molecular formula is C14H28N2S. The molecular weight excluding hydrogens is 228 g/mol. The molecule has 1 saturated carbocycles. The number of thioether (sulfide) groups is 1. The lowest BCUT2D eigenvalue weighted by Gasteiger charge is -2.31. The number of nitrogens with one attached hydrogen (secondary N) is 2. The zero-order valence-corrected chi connectivity index (χ0v) is 12.2. The van der Waals surface area contributed by atoms with Gasteiger partial charge in [-0.2, -0.15) is 11.8 Å². The van der Waals surface area contributed by atoms with E-state index in [-0.39, 0.29) is 0 Å². The zero-order valence-electron chi connectivity index (χ0n) is 11.4. The summed E-state index contributed by atoms with van der Waals surface area (Å²) in [5.41, 5.74) is 0. The third-order valence-electron chi connectivity index (χ3n) is 4.28. The molecule has 2 fully saturated rings. The first-order valence-electron chi connectivity index (χ1n) is 7.30. The standard InChI is InChI=1S/C14H28N2S/c1-11(9-12-6-4-8-15-12)16-13-5-3-7-14(10-13)17-2/h11-16H,3-10H2,1-2H3. The highest BCUT2D eigenvalue weighted by atomic mass is 32.2. The lowest BCUT2D eigenvalue weighted by atomic mass is 9.93. The Hall–Kier alpha value is 0.270. The van der Waals surface area contributed by atoms with E-state index in [4.69, 9.17) is 0 Å². The van der Waals surface area contributed by atoms with Crippen LogP contribution in [0.3, 0.4) is 0 Å². The van der Waals surface area contributed by atoms with Gasteiger partial charge in [-0.25, -0.2) is 0 Å². The molecule has 0 bridgehead atoms. The Morgan fingerprint density at radius 3 is 2.88 bits per heavy atom. The summed E-state index contributed by atoms with van der Waals surface area (Å²) in [6, 6.07) is 2.23. The summed E-state index contributed by atoms with van der Waals surface area (Å²) in [6.07, 6.45) is 11.9. The predicted molar refractivity (Wildman–Crippen MR) is 77.8 cm³/mol. The summed E-state index contributed by atoms with van der Waals surface area (Å²) in [5.74, 6) is 0. The van der Waals surface area contributed by atoms with Crippen molar-refractivity contribution in [3.63, 3.8) is 0 Å². The molecule has 2 aliphatic rings. The highest BCUT2D eigenvalue weighted by Crippen LogP contribution is 2.27. The van der Waals surface area contributed by atoms with E-state index < -0.39 is 0 Å². The summed E-state index contributed by atoms with van der Waals surface area (Å²) in [4.78, 5) is 0. The highest BCUT2D eigenvalue weighted by Gasteiger charge is 2.23. The Balaban J connectivity index is 1.68. The van der Waals surface area contributed by atoms with Gasteiger partial charge in [-0.1, -0.05) is 6.42 Å². The molecule has 100 valence electrons. The van der Waals surface area contributed by atoms with E-state index in [1.165, 1.54) is 51.5 Å². The van der Waals surface area contributed by atoms with E-state index in [1.54, 1.807) is 0 Å². The van der Waals surface area contributed by atoms with Gasteiger partial charge in [0.2, 0.25) is 0 Å². The van der Waals surface area contributed by atoms with Gasteiger partial charge >= 0.3 is 0 Å². The number of rotatable bonds is 5. The molecule has 0 aromatic heterocycles. The Morgan fingerprint density at radius 1 is 1.29 bits per heavy atom. The molecule has 0 spiro atoms. The Morgan fingerprint density at radius 2 is 2.18 bits per heavy atom. The van der Waals surface area contributed by atoms with Crippen molar-refractivity contribution in [1.29, 1.82) is 0 Å². The van der Waals surface area contributed by atoms with Crippen LogP contribution < -0.4 is 10.6 Å². The maximum atomic E-state index is 3.86. The van der Waals surface area contributed by atoms with Crippen LogP contribution in [-0.4, -0.2) is 36.2 Å². The largest absolute Gasteiger partial charge is 0.314 e. The second-order valence-corrected chi connectivity index (χ2v) is 6.96. The molecule has 0 radical (unpaired) electrons. The van der Waals surface area contributed by atoms with Crippen LogP contribution in [0.1, 0.15) is 51.9 Å². The average Bonchev–Trinajstić information content (AvgIpc) is 2.82. The molecule has 2 nitrogen and oxygen atoms in total. The Bertz CT molecular complexity index is 216. The molecule has 1 saturated heterocycles. The molecule has 3 heteroatoms. The fourth-order valence-corrected chi connectivity index (χ4v) is 4.19.